The highest BCUT2D eigenvalue weighted by Gasteiger charge is 2.31. The molecular weight excluding hydrogens is 360 g/mol. The van der Waals surface area contributed by atoms with Crippen molar-refractivity contribution >= 4 is 5.91 Å². The van der Waals surface area contributed by atoms with E-state index in [4.69, 9.17) is 0 Å². The Kier molecular flexibility index (Phi) is 6.91. The molecule has 0 bridgehead atoms. The third kappa shape index (κ3) is 5.64. The van der Waals surface area contributed by atoms with Gasteiger partial charge in [-0.15, -0.1) is 0 Å². The van der Waals surface area contributed by atoms with Crippen LogP contribution in [-0.4, -0.2) is 52.9 Å². The molecule has 0 aliphatic carbocycles. The molecule has 2 aliphatic heterocycles. The van der Waals surface area contributed by atoms with Crippen molar-refractivity contribution in [3.05, 3.63) is 66.0 Å². The molecule has 1 aromatic carbocycles. The van der Waals surface area contributed by atoms with Crippen molar-refractivity contribution < 1.29 is 4.79 Å². The third-order valence-corrected chi connectivity index (χ3v) is 6.32. The molecule has 2 fully saturated rings. The summed E-state index contributed by atoms with van der Waals surface area (Å²) in [7, 11) is 0. The second kappa shape index (κ2) is 9.99. The molecule has 1 aromatic heterocycles. The Balaban J connectivity index is 1.23. The van der Waals surface area contributed by atoms with Crippen molar-refractivity contribution in [3.63, 3.8) is 0 Å². The number of piperidine rings is 2. The number of pyridine rings is 1. The first kappa shape index (κ1) is 20.0. The van der Waals surface area contributed by atoms with Crippen LogP contribution in [0.15, 0.2) is 54.7 Å². The number of hydrogen-bond donors (Lipinski definition) is 1. The van der Waals surface area contributed by atoms with Gasteiger partial charge in [-0.05, 0) is 49.9 Å². The van der Waals surface area contributed by atoms with E-state index in [1.54, 1.807) is 0 Å². The van der Waals surface area contributed by atoms with Gasteiger partial charge >= 0.3 is 0 Å². The number of nitrogens with zero attached hydrogens (tertiary/aromatic N) is 3. The lowest BCUT2D eigenvalue weighted by atomic mass is 9.93. The van der Waals surface area contributed by atoms with E-state index in [0.717, 1.165) is 56.8 Å². The molecule has 2 aromatic rings. The summed E-state index contributed by atoms with van der Waals surface area (Å²) in [6, 6.07) is 16.9. The molecule has 4 rings (SSSR count). The summed E-state index contributed by atoms with van der Waals surface area (Å²) in [5.74, 6) is 0.338. The van der Waals surface area contributed by atoms with Crippen LogP contribution >= 0.6 is 0 Å². The van der Waals surface area contributed by atoms with Crippen LogP contribution in [-0.2, 0) is 17.9 Å². The zero-order chi connectivity index (χ0) is 19.9. The van der Waals surface area contributed by atoms with E-state index < -0.39 is 0 Å². The van der Waals surface area contributed by atoms with E-state index in [2.05, 4.69) is 44.4 Å². The summed E-state index contributed by atoms with van der Waals surface area (Å²) in [4.78, 5) is 22.2. The Morgan fingerprint density at radius 2 is 1.79 bits per heavy atom. The quantitative estimate of drug-likeness (QED) is 0.821. The number of benzene rings is 1. The SMILES string of the molecule is O=C(NCc1ccccc1)C1CCCN(C2CCN(Cc3ccccn3)CC2)C1. The molecule has 0 spiro atoms. The van der Waals surface area contributed by atoms with Crippen LogP contribution < -0.4 is 5.32 Å². The molecule has 5 heteroatoms. The number of rotatable bonds is 6. The molecule has 154 valence electrons. The monoisotopic (exact) mass is 392 g/mol. The Bertz CT molecular complexity index is 759. The Morgan fingerprint density at radius 3 is 2.55 bits per heavy atom. The van der Waals surface area contributed by atoms with E-state index in [0.29, 0.717) is 12.6 Å². The van der Waals surface area contributed by atoms with E-state index in [1.165, 1.54) is 12.8 Å². The van der Waals surface area contributed by atoms with Crippen LogP contribution in [0.2, 0.25) is 0 Å². The number of carbonyl (C=O) groups is 1. The van der Waals surface area contributed by atoms with Crippen molar-refractivity contribution in [1.29, 1.82) is 0 Å². The average Bonchev–Trinajstić information content (AvgIpc) is 2.79. The second-order valence-electron chi connectivity index (χ2n) is 8.37. The van der Waals surface area contributed by atoms with Gasteiger partial charge in [0.1, 0.15) is 0 Å². The highest BCUT2D eigenvalue weighted by atomic mass is 16.1. The van der Waals surface area contributed by atoms with Crippen molar-refractivity contribution in [1.82, 2.24) is 20.1 Å². The summed E-state index contributed by atoms with van der Waals surface area (Å²) >= 11 is 0. The van der Waals surface area contributed by atoms with Gasteiger partial charge in [0.15, 0.2) is 0 Å². The number of nitrogens with one attached hydrogen (secondary N) is 1. The van der Waals surface area contributed by atoms with Crippen LogP contribution in [0.3, 0.4) is 0 Å². The average molecular weight is 393 g/mol. The largest absolute Gasteiger partial charge is 0.352 e. The zero-order valence-electron chi connectivity index (χ0n) is 17.2. The van der Waals surface area contributed by atoms with E-state index in [1.807, 2.05) is 30.5 Å². The summed E-state index contributed by atoms with van der Waals surface area (Å²) in [6.07, 6.45) is 6.38. The fraction of sp³-hybridized carbons (Fsp3) is 0.500. The lowest BCUT2D eigenvalue weighted by molar-refractivity contribution is -0.127. The molecule has 3 heterocycles. The Morgan fingerprint density at radius 1 is 1.00 bits per heavy atom. The predicted octanol–water partition coefficient (Wildman–Crippen LogP) is 3.07. The van der Waals surface area contributed by atoms with Crippen molar-refractivity contribution in [2.24, 2.45) is 5.92 Å². The van der Waals surface area contributed by atoms with Crippen molar-refractivity contribution in [3.8, 4) is 0 Å². The first-order valence-electron chi connectivity index (χ1n) is 11.0. The van der Waals surface area contributed by atoms with Gasteiger partial charge in [-0.25, -0.2) is 0 Å². The van der Waals surface area contributed by atoms with Gasteiger partial charge < -0.3 is 5.32 Å². The number of hydrogen-bond acceptors (Lipinski definition) is 4. The molecule has 2 aliphatic rings. The molecule has 0 saturated carbocycles. The first-order chi connectivity index (χ1) is 14.3. The van der Waals surface area contributed by atoms with Crippen LogP contribution in [0, 0.1) is 5.92 Å². The van der Waals surface area contributed by atoms with E-state index in [9.17, 15) is 4.79 Å². The van der Waals surface area contributed by atoms with Gasteiger partial charge in [-0.3, -0.25) is 19.6 Å². The lowest BCUT2D eigenvalue weighted by Crippen LogP contribution is -2.50. The van der Waals surface area contributed by atoms with Gasteiger partial charge in [0, 0.05) is 45.0 Å². The topological polar surface area (TPSA) is 48.5 Å². The smallest absolute Gasteiger partial charge is 0.224 e. The van der Waals surface area contributed by atoms with Crippen LogP contribution in [0.25, 0.3) is 0 Å². The molecule has 1 unspecified atom stereocenters. The number of likely N-dealkylation sites (tertiary alicyclic amines) is 2. The van der Waals surface area contributed by atoms with Crippen molar-refractivity contribution in [2.75, 3.05) is 26.2 Å². The molecule has 1 N–H and O–H groups in total. The maximum atomic E-state index is 12.7. The molecule has 2 saturated heterocycles. The van der Waals surface area contributed by atoms with E-state index in [-0.39, 0.29) is 11.8 Å². The number of amides is 1. The summed E-state index contributed by atoms with van der Waals surface area (Å²) < 4.78 is 0. The number of carbonyl (C=O) groups excluding carboxylic acids is 1. The second-order valence-corrected chi connectivity index (χ2v) is 8.37. The highest BCUT2D eigenvalue weighted by Crippen LogP contribution is 2.24. The molecule has 0 radical (unpaired) electrons. The zero-order valence-corrected chi connectivity index (χ0v) is 17.2. The Hall–Kier alpha value is -2.24. The van der Waals surface area contributed by atoms with Crippen LogP contribution in [0.1, 0.15) is 36.9 Å². The number of aromatic nitrogens is 1. The molecular formula is C24H32N4O. The van der Waals surface area contributed by atoms with Gasteiger partial charge in [-0.1, -0.05) is 36.4 Å². The molecule has 29 heavy (non-hydrogen) atoms. The summed E-state index contributed by atoms with van der Waals surface area (Å²) in [5.41, 5.74) is 2.31. The van der Waals surface area contributed by atoms with Crippen molar-refractivity contribution in [2.45, 2.75) is 44.8 Å². The molecule has 1 atom stereocenters. The molecule has 1 amide bonds. The van der Waals surface area contributed by atoms with Crippen LogP contribution in [0.4, 0.5) is 0 Å². The van der Waals surface area contributed by atoms with Crippen LogP contribution in [0.5, 0.6) is 0 Å². The van der Waals surface area contributed by atoms with E-state index >= 15 is 0 Å². The minimum atomic E-state index is 0.124. The fourth-order valence-electron chi connectivity index (χ4n) is 4.64. The highest BCUT2D eigenvalue weighted by molar-refractivity contribution is 5.79. The summed E-state index contributed by atoms with van der Waals surface area (Å²) in [5, 5.41) is 3.15. The first-order valence-corrected chi connectivity index (χ1v) is 11.0. The Labute approximate surface area is 174 Å². The lowest BCUT2D eigenvalue weighted by Gasteiger charge is -2.42. The predicted molar refractivity (Wildman–Crippen MR) is 115 cm³/mol. The maximum Gasteiger partial charge on any atom is 0.224 e. The third-order valence-electron chi connectivity index (χ3n) is 6.32. The minimum Gasteiger partial charge on any atom is -0.352 e. The normalized spacial score (nSPS) is 21.7. The fourth-order valence-corrected chi connectivity index (χ4v) is 4.64. The standard InChI is InChI=1S/C24H32N4O/c29-24(26-17-20-7-2-1-3-8-20)21-9-6-14-28(18-21)23-11-15-27(16-12-23)19-22-10-4-5-13-25-22/h1-5,7-8,10,13,21,23H,6,9,11-12,14-19H2,(H,26,29). The van der Waals surface area contributed by atoms with Gasteiger partial charge in [0.05, 0.1) is 11.6 Å². The summed E-state index contributed by atoms with van der Waals surface area (Å²) in [6.45, 7) is 5.84. The molecule has 5 nitrogen and oxygen atoms in total. The minimum absolute atomic E-state index is 0.124. The van der Waals surface area contributed by atoms with Gasteiger partial charge in [0.2, 0.25) is 5.91 Å². The maximum absolute atomic E-state index is 12.7. The van der Waals surface area contributed by atoms with Gasteiger partial charge in [0.25, 0.3) is 0 Å². The van der Waals surface area contributed by atoms with Gasteiger partial charge in [-0.2, -0.15) is 0 Å².